The Labute approximate surface area is 98.4 Å². The van der Waals surface area contributed by atoms with Crippen molar-refractivity contribution < 1.29 is 8.81 Å². The fourth-order valence-electron chi connectivity index (χ4n) is 1.81. The zero-order valence-corrected chi connectivity index (χ0v) is 10.2. The molecule has 0 aliphatic carbocycles. The molecule has 16 heavy (non-hydrogen) atoms. The van der Waals surface area contributed by atoms with Gasteiger partial charge in [-0.1, -0.05) is 11.6 Å². The standard InChI is InChI=1S/C12H13ClFNO/c1-6-9-4-8(14)5-10(13)12(9)16-11(6)7(2)15-3/h4-5,7,15H,1-3H3. The van der Waals surface area contributed by atoms with Crippen LogP contribution in [0.25, 0.3) is 11.0 Å². The second-order valence-corrected chi connectivity index (χ2v) is 4.27. The minimum Gasteiger partial charge on any atom is -0.458 e. The lowest BCUT2D eigenvalue weighted by Crippen LogP contribution is -2.12. The van der Waals surface area contributed by atoms with E-state index in [1.54, 1.807) is 0 Å². The second-order valence-electron chi connectivity index (χ2n) is 3.87. The summed E-state index contributed by atoms with van der Waals surface area (Å²) in [7, 11) is 1.85. The van der Waals surface area contributed by atoms with Gasteiger partial charge in [0.15, 0.2) is 5.58 Å². The van der Waals surface area contributed by atoms with Crippen molar-refractivity contribution in [3.63, 3.8) is 0 Å². The third-order valence-corrected chi connectivity index (χ3v) is 3.10. The molecule has 0 fully saturated rings. The van der Waals surface area contributed by atoms with Gasteiger partial charge in [0.1, 0.15) is 11.6 Å². The zero-order chi connectivity index (χ0) is 11.9. The first-order valence-electron chi connectivity index (χ1n) is 5.10. The first-order valence-corrected chi connectivity index (χ1v) is 5.47. The summed E-state index contributed by atoms with van der Waals surface area (Å²) in [5.41, 5.74) is 1.48. The fourth-order valence-corrected chi connectivity index (χ4v) is 2.05. The van der Waals surface area contributed by atoms with Crippen molar-refractivity contribution >= 4 is 22.6 Å². The van der Waals surface area contributed by atoms with E-state index >= 15 is 0 Å². The molecule has 0 bridgehead atoms. The molecule has 0 saturated heterocycles. The van der Waals surface area contributed by atoms with Crippen LogP contribution in [-0.2, 0) is 0 Å². The number of fused-ring (bicyclic) bond motifs is 1. The summed E-state index contributed by atoms with van der Waals surface area (Å²) in [5.74, 6) is 0.454. The number of nitrogens with one attached hydrogen (secondary N) is 1. The molecule has 1 heterocycles. The van der Waals surface area contributed by atoms with E-state index in [-0.39, 0.29) is 11.9 Å². The largest absolute Gasteiger partial charge is 0.458 e. The molecule has 0 amide bonds. The average molecular weight is 242 g/mol. The lowest BCUT2D eigenvalue weighted by molar-refractivity contribution is 0.471. The van der Waals surface area contributed by atoms with E-state index in [0.717, 1.165) is 16.7 Å². The maximum atomic E-state index is 13.2. The molecular weight excluding hydrogens is 229 g/mol. The number of rotatable bonds is 2. The summed E-state index contributed by atoms with van der Waals surface area (Å²) in [5, 5.41) is 4.14. The van der Waals surface area contributed by atoms with Gasteiger partial charge in [-0.25, -0.2) is 4.39 Å². The van der Waals surface area contributed by atoms with E-state index in [9.17, 15) is 4.39 Å². The summed E-state index contributed by atoms with van der Waals surface area (Å²) in [6.45, 7) is 3.89. The molecule has 4 heteroatoms. The topological polar surface area (TPSA) is 25.2 Å². The monoisotopic (exact) mass is 241 g/mol. The highest BCUT2D eigenvalue weighted by molar-refractivity contribution is 6.34. The first-order chi connectivity index (χ1) is 7.54. The Balaban J connectivity index is 2.72. The molecule has 1 atom stereocenters. The molecule has 0 aliphatic rings. The minimum absolute atomic E-state index is 0.0755. The maximum Gasteiger partial charge on any atom is 0.153 e. The van der Waals surface area contributed by atoms with E-state index in [1.165, 1.54) is 12.1 Å². The molecular formula is C12H13ClFNO. The number of benzene rings is 1. The predicted octanol–water partition coefficient (Wildman–Crippen LogP) is 3.81. The predicted molar refractivity (Wildman–Crippen MR) is 63.4 cm³/mol. The summed E-state index contributed by atoms with van der Waals surface area (Å²) in [4.78, 5) is 0. The van der Waals surface area contributed by atoms with Gasteiger partial charge in [0.05, 0.1) is 11.1 Å². The molecule has 1 aromatic carbocycles. The van der Waals surface area contributed by atoms with Crippen molar-refractivity contribution in [2.24, 2.45) is 0 Å². The van der Waals surface area contributed by atoms with Crippen LogP contribution in [0.5, 0.6) is 0 Å². The molecule has 1 unspecified atom stereocenters. The van der Waals surface area contributed by atoms with Crippen LogP contribution >= 0.6 is 11.6 Å². The van der Waals surface area contributed by atoms with Crippen molar-refractivity contribution in [1.29, 1.82) is 0 Å². The quantitative estimate of drug-likeness (QED) is 0.865. The lowest BCUT2D eigenvalue weighted by Gasteiger charge is -2.06. The third kappa shape index (κ3) is 1.70. The van der Waals surface area contributed by atoms with E-state index in [2.05, 4.69) is 5.32 Å². The summed E-state index contributed by atoms with van der Waals surface area (Å²) in [6, 6.07) is 2.79. The number of hydrogen-bond acceptors (Lipinski definition) is 2. The lowest BCUT2D eigenvalue weighted by atomic mass is 10.1. The highest BCUT2D eigenvalue weighted by atomic mass is 35.5. The SMILES string of the molecule is CNC(C)c1oc2c(Cl)cc(F)cc2c1C. The Bertz CT molecular complexity index is 535. The average Bonchev–Trinajstić information content (AvgIpc) is 2.56. The van der Waals surface area contributed by atoms with Gasteiger partial charge in [0.2, 0.25) is 0 Å². The Morgan fingerprint density at radius 3 is 2.75 bits per heavy atom. The van der Waals surface area contributed by atoms with Crippen LogP contribution in [0.2, 0.25) is 5.02 Å². The highest BCUT2D eigenvalue weighted by Gasteiger charge is 2.17. The molecule has 2 aromatic rings. The minimum atomic E-state index is -0.343. The Hall–Kier alpha value is -1.06. The van der Waals surface area contributed by atoms with Crippen LogP contribution in [0, 0.1) is 12.7 Å². The molecule has 0 spiro atoms. The molecule has 0 saturated carbocycles. The molecule has 2 rings (SSSR count). The number of halogens is 2. The molecule has 0 aliphatic heterocycles. The Kier molecular flexibility index (Phi) is 2.91. The number of furan rings is 1. The van der Waals surface area contributed by atoms with Gasteiger partial charge < -0.3 is 9.73 Å². The van der Waals surface area contributed by atoms with Crippen molar-refractivity contribution in [1.82, 2.24) is 5.32 Å². The van der Waals surface area contributed by atoms with E-state index < -0.39 is 0 Å². The molecule has 86 valence electrons. The van der Waals surface area contributed by atoms with Crippen LogP contribution in [-0.4, -0.2) is 7.05 Å². The molecule has 0 radical (unpaired) electrons. The van der Waals surface area contributed by atoms with Crippen molar-refractivity contribution in [3.05, 3.63) is 34.3 Å². The van der Waals surface area contributed by atoms with Crippen molar-refractivity contribution in [3.8, 4) is 0 Å². The molecule has 1 aromatic heterocycles. The normalized spacial score (nSPS) is 13.3. The number of aryl methyl sites for hydroxylation is 1. The van der Waals surface area contributed by atoms with Crippen molar-refractivity contribution in [2.45, 2.75) is 19.9 Å². The zero-order valence-electron chi connectivity index (χ0n) is 9.40. The number of hydrogen-bond donors (Lipinski definition) is 1. The molecule has 1 N–H and O–H groups in total. The Morgan fingerprint density at radius 1 is 1.44 bits per heavy atom. The third-order valence-electron chi connectivity index (χ3n) is 2.82. The summed E-state index contributed by atoms with van der Waals surface area (Å²) in [6.07, 6.45) is 0. The van der Waals surface area contributed by atoms with Gasteiger partial charge in [0.25, 0.3) is 0 Å². The smallest absolute Gasteiger partial charge is 0.153 e. The van der Waals surface area contributed by atoms with Gasteiger partial charge in [0, 0.05) is 10.9 Å². The van der Waals surface area contributed by atoms with E-state index in [4.69, 9.17) is 16.0 Å². The fraction of sp³-hybridized carbons (Fsp3) is 0.333. The maximum absolute atomic E-state index is 13.2. The van der Waals surface area contributed by atoms with Crippen LogP contribution in [0.4, 0.5) is 4.39 Å². The van der Waals surface area contributed by atoms with Crippen LogP contribution < -0.4 is 5.32 Å². The van der Waals surface area contributed by atoms with E-state index in [0.29, 0.717) is 10.6 Å². The van der Waals surface area contributed by atoms with Crippen LogP contribution in [0.3, 0.4) is 0 Å². The van der Waals surface area contributed by atoms with Gasteiger partial charge in [-0.3, -0.25) is 0 Å². The van der Waals surface area contributed by atoms with Gasteiger partial charge in [-0.2, -0.15) is 0 Å². The molecule has 2 nitrogen and oxygen atoms in total. The first kappa shape index (κ1) is 11.4. The van der Waals surface area contributed by atoms with Crippen LogP contribution in [0.15, 0.2) is 16.5 Å². The van der Waals surface area contributed by atoms with E-state index in [1.807, 2.05) is 20.9 Å². The van der Waals surface area contributed by atoms with Gasteiger partial charge in [-0.15, -0.1) is 0 Å². The summed E-state index contributed by atoms with van der Waals surface area (Å²) < 4.78 is 18.9. The van der Waals surface area contributed by atoms with Gasteiger partial charge in [-0.05, 0) is 33.0 Å². The summed E-state index contributed by atoms with van der Waals surface area (Å²) >= 11 is 5.94. The van der Waals surface area contributed by atoms with Gasteiger partial charge >= 0.3 is 0 Å². The van der Waals surface area contributed by atoms with Crippen molar-refractivity contribution in [2.75, 3.05) is 7.05 Å². The van der Waals surface area contributed by atoms with Crippen LogP contribution in [0.1, 0.15) is 24.3 Å². The highest BCUT2D eigenvalue weighted by Crippen LogP contribution is 2.34. The Morgan fingerprint density at radius 2 is 2.12 bits per heavy atom. The second kappa shape index (κ2) is 4.07.